The Kier molecular flexibility index (Phi) is 6.51. The van der Waals surface area contributed by atoms with Crippen molar-refractivity contribution in [3.05, 3.63) is 52.6 Å². The molecule has 7 heteroatoms. The van der Waals surface area contributed by atoms with Crippen LogP contribution in [0.4, 0.5) is 0 Å². The smallest absolute Gasteiger partial charge is 0.247 e. The highest BCUT2D eigenvalue weighted by molar-refractivity contribution is 7.89. The first-order valence-electron chi connectivity index (χ1n) is 9.90. The second-order valence-electron chi connectivity index (χ2n) is 7.59. The van der Waals surface area contributed by atoms with Gasteiger partial charge in [0.1, 0.15) is 22.9 Å². The molecule has 6 nitrogen and oxygen atoms in total. The van der Waals surface area contributed by atoms with Crippen LogP contribution in [-0.4, -0.2) is 53.1 Å². The number of hydrogen-bond donors (Lipinski definition) is 1. The molecular weight excluding hydrogens is 388 g/mol. The number of nitrogens with zero attached hydrogens (tertiary/aromatic N) is 1. The highest BCUT2D eigenvalue weighted by Crippen LogP contribution is 2.41. The van der Waals surface area contributed by atoms with Gasteiger partial charge in [-0.1, -0.05) is 30.3 Å². The molecule has 0 saturated carbocycles. The summed E-state index contributed by atoms with van der Waals surface area (Å²) in [6, 6.07) is 10.3. The van der Waals surface area contributed by atoms with Crippen LogP contribution in [0.5, 0.6) is 11.5 Å². The molecule has 1 saturated heterocycles. The summed E-state index contributed by atoms with van der Waals surface area (Å²) in [5.41, 5.74) is 3.57. The average Bonchev–Trinajstić information content (AvgIpc) is 2.72. The predicted molar refractivity (Wildman–Crippen MR) is 113 cm³/mol. The molecule has 1 aliphatic rings. The van der Waals surface area contributed by atoms with Crippen LogP contribution in [0.3, 0.4) is 0 Å². The van der Waals surface area contributed by atoms with E-state index in [9.17, 15) is 8.42 Å². The van der Waals surface area contributed by atoms with Crippen LogP contribution in [0.15, 0.2) is 35.2 Å². The van der Waals surface area contributed by atoms with E-state index in [0.717, 1.165) is 30.8 Å². The summed E-state index contributed by atoms with van der Waals surface area (Å²) in [7, 11) is -0.593. The zero-order valence-corrected chi connectivity index (χ0v) is 18.7. The average molecular weight is 420 g/mol. The van der Waals surface area contributed by atoms with E-state index >= 15 is 0 Å². The van der Waals surface area contributed by atoms with Gasteiger partial charge in [0.2, 0.25) is 10.0 Å². The zero-order chi connectivity index (χ0) is 21.2. The van der Waals surface area contributed by atoms with Crippen LogP contribution < -0.4 is 14.4 Å². The van der Waals surface area contributed by atoms with E-state index in [1.54, 1.807) is 18.3 Å². The molecular formula is C22H31N2O4S+. The number of benzene rings is 2. The van der Waals surface area contributed by atoms with Crippen molar-refractivity contribution < 1.29 is 22.8 Å². The van der Waals surface area contributed by atoms with E-state index in [-0.39, 0.29) is 4.90 Å². The molecule has 3 rings (SSSR count). The third-order valence-electron chi connectivity index (χ3n) is 5.86. The van der Waals surface area contributed by atoms with Crippen molar-refractivity contribution in [3.8, 4) is 11.5 Å². The quantitative estimate of drug-likeness (QED) is 0.775. The van der Waals surface area contributed by atoms with Gasteiger partial charge >= 0.3 is 0 Å². The Morgan fingerprint density at radius 2 is 1.45 bits per heavy atom. The summed E-state index contributed by atoms with van der Waals surface area (Å²) in [5.74, 6) is 1.02. The van der Waals surface area contributed by atoms with Crippen molar-refractivity contribution in [2.75, 3.05) is 40.4 Å². The highest BCUT2D eigenvalue weighted by atomic mass is 32.2. The van der Waals surface area contributed by atoms with Gasteiger partial charge in [-0.15, -0.1) is 0 Å². The molecule has 2 aromatic carbocycles. The fourth-order valence-corrected chi connectivity index (χ4v) is 6.03. The third-order valence-corrected chi connectivity index (χ3v) is 7.92. The number of piperazine rings is 1. The number of ether oxygens (including phenoxy) is 2. The van der Waals surface area contributed by atoms with Crippen LogP contribution in [-0.2, 0) is 16.6 Å². The molecule has 1 aliphatic heterocycles. The molecule has 158 valence electrons. The monoisotopic (exact) mass is 419 g/mol. The van der Waals surface area contributed by atoms with E-state index in [2.05, 4.69) is 12.1 Å². The minimum atomic E-state index is -3.69. The molecule has 1 heterocycles. The van der Waals surface area contributed by atoms with Crippen molar-refractivity contribution in [1.29, 1.82) is 0 Å². The standard InChI is InChI=1S/C22H30N2O4S/c1-16-17(2)21(28-5)22(18(3)20(16)27-4)29(25,26)24-13-11-23(12-14-24)15-19-9-7-6-8-10-19/h6-10H,11-15H2,1-5H3/p+1. The molecule has 0 radical (unpaired) electrons. The summed E-state index contributed by atoms with van der Waals surface area (Å²) in [5, 5.41) is 0. The minimum absolute atomic E-state index is 0.228. The Labute approximate surface area is 174 Å². The lowest BCUT2D eigenvalue weighted by Crippen LogP contribution is -3.13. The van der Waals surface area contributed by atoms with E-state index < -0.39 is 10.0 Å². The normalized spacial score (nSPS) is 16.0. The van der Waals surface area contributed by atoms with Crippen molar-refractivity contribution in [3.63, 3.8) is 0 Å². The van der Waals surface area contributed by atoms with Gasteiger partial charge in [-0.3, -0.25) is 0 Å². The highest BCUT2D eigenvalue weighted by Gasteiger charge is 2.36. The van der Waals surface area contributed by atoms with Crippen LogP contribution in [0.25, 0.3) is 0 Å². The van der Waals surface area contributed by atoms with E-state index in [1.165, 1.54) is 17.6 Å². The number of sulfonamides is 1. The topological polar surface area (TPSA) is 60.3 Å². The molecule has 0 bridgehead atoms. The first-order chi connectivity index (χ1) is 13.8. The van der Waals surface area contributed by atoms with Gasteiger partial charge in [0, 0.05) is 11.1 Å². The predicted octanol–water partition coefficient (Wildman–Crippen LogP) is 1.72. The van der Waals surface area contributed by atoms with Crippen molar-refractivity contribution >= 4 is 10.0 Å². The number of quaternary nitrogens is 1. The van der Waals surface area contributed by atoms with Gasteiger partial charge in [-0.25, -0.2) is 8.42 Å². The summed E-state index contributed by atoms with van der Waals surface area (Å²) in [6.07, 6.45) is 0. The van der Waals surface area contributed by atoms with Crippen molar-refractivity contribution in [2.24, 2.45) is 0 Å². The Morgan fingerprint density at radius 1 is 0.897 bits per heavy atom. The molecule has 0 unspecified atom stereocenters. The molecule has 2 aromatic rings. The Hall–Kier alpha value is -2.09. The lowest BCUT2D eigenvalue weighted by molar-refractivity contribution is -0.917. The molecule has 1 N–H and O–H groups in total. The van der Waals surface area contributed by atoms with Crippen LogP contribution >= 0.6 is 0 Å². The van der Waals surface area contributed by atoms with Crippen LogP contribution in [0.2, 0.25) is 0 Å². The van der Waals surface area contributed by atoms with E-state index in [1.807, 2.05) is 32.0 Å². The lowest BCUT2D eigenvalue weighted by atomic mass is 10.0. The van der Waals surface area contributed by atoms with Gasteiger partial charge in [-0.05, 0) is 31.9 Å². The molecule has 0 aromatic heterocycles. The summed E-state index contributed by atoms with van der Waals surface area (Å²) < 4.78 is 39.8. The summed E-state index contributed by atoms with van der Waals surface area (Å²) in [6.45, 7) is 9.02. The maximum Gasteiger partial charge on any atom is 0.247 e. The second kappa shape index (κ2) is 8.73. The number of rotatable bonds is 6. The Balaban J connectivity index is 1.86. The number of hydrogen-bond acceptors (Lipinski definition) is 4. The van der Waals surface area contributed by atoms with Crippen LogP contribution in [0, 0.1) is 20.8 Å². The zero-order valence-electron chi connectivity index (χ0n) is 17.9. The number of nitrogens with one attached hydrogen (secondary N) is 1. The van der Waals surface area contributed by atoms with E-state index in [0.29, 0.717) is 30.2 Å². The van der Waals surface area contributed by atoms with Gasteiger partial charge in [0.15, 0.2) is 0 Å². The Morgan fingerprint density at radius 3 is 2.00 bits per heavy atom. The molecule has 1 fully saturated rings. The van der Waals surface area contributed by atoms with Crippen LogP contribution in [0.1, 0.15) is 22.3 Å². The van der Waals surface area contributed by atoms with Crippen molar-refractivity contribution in [1.82, 2.24) is 4.31 Å². The number of methoxy groups -OCH3 is 2. The Bertz CT molecular complexity index is 966. The molecule has 29 heavy (non-hydrogen) atoms. The fourth-order valence-electron chi connectivity index (χ4n) is 4.16. The lowest BCUT2D eigenvalue weighted by Gasteiger charge is -2.32. The first-order valence-corrected chi connectivity index (χ1v) is 11.3. The van der Waals surface area contributed by atoms with Crippen molar-refractivity contribution in [2.45, 2.75) is 32.2 Å². The molecule has 0 spiro atoms. The first kappa shape index (κ1) is 21.6. The summed E-state index contributed by atoms with van der Waals surface area (Å²) >= 11 is 0. The van der Waals surface area contributed by atoms with E-state index in [4.69, 9.17) is 9.47 Å². The van der Waals surface area contributed by atoms with Gasteiger partial charge in [0.05, 0.1) is 40.4 Å². The minimum Gasteiger partial charge on any atom is -0.496 e. The van der Waals surface area contributed by atoms with Gasteiger partial charge < -0.3 is 14.4 Å². The van der Waals surface area contributed by atoms with Gasteiger partial charge in [-0.2, -0.15) is 4.31 Å². The molecule has 0 amide bonds. The van der Waals surface area contributed by atoms with Gasteiger partial charge in [0.25, 0.3) is 0 Å². The maximum atomic E-state index is 13.6. The third kappa shape index (κ3) is 4.13. The molecule has 0 atom stereocenters. The summed E-state index contributed by atoms with van der Waals surface area (Å²) in [4.78, 5) is 1.62. The maximum absolute atomic E-state index is 13.6. The largest absolute Gasteiger partial charge is 0.496 e. The molecule has 0 aliphatic carbocycles. The SMILES string of the molecule is COc1c(C)c(C)c(OC)c(S(=O)(=O)N2CC[NH+](Cc3ccccc3)CC2)c1C. The second-order valence-corrected chi connectivity index (χ2v) is 9.46. The fraction of sp³-hybridized carbons (Fsp3) is 0.455.